The molecule has 10 heteroatoms. The third-order valence-electron chi connectivity index (χ3n) is 6.00. The molecule has 2 aromatic carbocycles. The number of halogens is 1. The first kappa shape index (κ1) is 23.9. The van der Waals surface area contributed by atoms with Crippen LogP contribution in [0.25, 0.3) is 10.2 Å². The fourth-order valence-corrected chi connectivity index (χ4v) is 7.09. The summed E-state index contributed by atoms with van der Waals surface area (Å²) < 4.78 is 29.1. The van der Waals surface area contributed by atoms with E-state index in [1.165, 1.54) is 15.6 Å². The third-order valence-corrected chi connectivity index (χ3v) is 9.20. The summed E-state index contributed by atoms with van der Waals surface area (Å²) in [6.07, 6.45) is 2.72. The molecular formula is C25H23ClN4O3S2. The van der Waals surface area contributed by atoms with Gasteiger partial charge in [-0.15, -0.1) is 0 Å². The molecule has 2 aromatic heterocycles. The molecule has 0 saturated carbocycles. The maximum Gasteiger partial charge on any atom is 0.247 e. The van der Waals surface area contributed by atoms with Gasteiger partial charge in [0.1, 0.15) is 6.04 Å². The van der Waals surface area contributed by atoms with Crippen LogP contribution >= 0.6 is 22.9 Å². The van der Waals surface area contributed by atoms with Gasteiger partial charge in [-0.2, -0.15) is 4.31 Å². The second-order valence-electron chi connectivity index (χ2n) is 8.44. The van der Waals surface area contributed by atoms with E-state index in [-0.39, 0.29) is 17.3 Å². The number of hydrogen-bond donors (Lipinski definition) is 0. The van der Waals surface area contributed by atoms with E-state index in [1.54, 1.807) is 41.4 Å². The van der Waals surface area contributed by atoms with Crippen molar-refractivity contribution in [2.45, 2.75) is 37.2 Å². The van der Waals surface area contributed by atoms with Gasteiger partial charge in [-0.25, -0.2) is 13.4 Å². The molecule has 1 unspecified atom stereocenters. The lowest BCUT2D eigenvalue weighted by atomic mass is 10.2. The molecule has 0 bridgehead atoms. The number of carbonyl (C=O) groups is 1. The minimum absolute atomic E-state index is 0.183. The maximum atomic E-state index is 14.0. The number of anilines is 1. The molecule has 0 aliphatic carbocycles. The van der Waals surface area contributed by atoms with Crippen molar-refractivity contribution in [3.63, 3.8) is 0 Å². The predicted molar refractivity (Wildman–Crippen MR) is 138 cm³/mol. The first-order chi connectivity index (χ1) is 16.8. The second-order valence-corrected chi connectivity index (χ2v) is 11.8. The Morgan fingerprint density at radius 3 is 2.71 bits per heavy atom. The Morgan fingerprint density at radius 1 is 1.17 bits per heavy atom. The number of nitrogens with zero attached hydrogens (tertiary/aromatic N) is 4. The zero-order chi connectivity index (χ0) is 24.6. The normalized spacial score (nSPS) is 16.6. The summed E-state index contributed by atoms with van der Waals surface area (Å²) in [7, 11) is -3.83. The largest absolute Gasteiger partial charge is 0.281 e. The molecular weight excluding hydrogens is 504 g/mol. The molecule has 1 amide bonds. The SMILES string of the molecule is Cc1ccc(S(=O)(=O)N2CCCC2C(=O)N(Cc2ccccn2)c2nc3ccc(Cl)cc3s2)cc1. The van der Waals surface area contributed by atoms with Crippen LogP contribution in [0, 0.1) is 6.92 Å². The summed E-state index contributed by atoms with van der Waals surface area (Å²) >= 11 is 7.50. The van der Waals surface area contributed by atoms with Crippen molar-refractivity contribution in [3.8, 4) is 0 Å². The predicted octanol–water partition coefficient (Wildman–Crippen LogP) is 5.04. The average molecular weight is 527 g/mol. The van der Waals surface area contributed by atoms with Crippen molar-refractivity contribution in [1.82, 2.24) is 14.3 Å². The lowest BCUT2D eigenvalue weighted by molar-refractivity contribution is -0.121. The van der Waals surface area contributed by atoms with E-state index in [0.29, 0.717) is 35.2 Å². The number of sulfonamides is 1. The van der Waals surface area contributed by atoms with Crippen LogP contribution in [0.1, 0.15) is 24.1 Å². The van der Waals surface area contributed by atoms with Gasteiger partial charge in [0.15, 0.2) is 5.13 Å². The van der Waals surface area contributed by atoms with Gasteiger partial charge >= 0.3 is 0 Å². The summed E-state index contributed by atoms with van der Waals surface area (Å²) in [5, 5.41) is 1.07. The van der Waals surface area contributed by atoms with Crippen LogP contribution in [0.3, 0.4) is 0 Å². The van der Waals surface area contributed by atoms with E-state index < -0.39 is 16.1 Å². The molecule has 4 aromatic rings. The van der Waals surface area contributed by atoms with E-state index in [1.807, 2.05) is 37.3 Å². The number of aromatic nitrogens is 2. The Balaban J connectivity index is 1.52. The standard InChI is InChI=1S/C25H23ClN4O3S2/c1-17-7-10-20(11-8-17)35(32,33)30-14-4-6-22(30)24(31)29(16-19-5-2-3-13-27-19)25-28-21-12-9-18(26)15-23(21)34-25/h2-3,5,7-13,15,22H,4,6,14,16H2,1H3. The van der Waals surface area contributed by atoms with E-state index in [4.69, 9.17) is 11.6 Å². The molecule has 1 atom stereocenters. The number of thiazole rings is 1. The first-order valence-electron chi connectivity index (χ1n) is 11.2. The van der Waals surface area contributed by atoms with Crippen LogP contribution in [-0.4, -0.2) is 41.2 Å². The number of carbonyl (C=O) groups excluding carboxylic acids is 1. The van der Waals surface area contributed by atoms with Crippen molar-refractivity contribution >= 4 is 54.2 Å². The van der Waals surface area contributed by atoms with E-state index in [2.05, 4.69) is 9.97 Å². The van der Waals surface area contributed by atoms with E-state index in [9.17, 15) is 13.2 Å². The monoisotopic (exact) mass is 526 g/mol. The minimum Gasteiger partial charge on any atom is -0.281 e. The number of rotatable bonds is 6. The van der Waals surface area contributed by atoms with Gasteiger partial charge in [0.2, 0.25) is 15.9 Å². The van der Waals surface area contributed by atoms with Crippen LogP contribution in [0.15, 0.2) is 71.8 Å². The van der Waals surface area contributed by atoms with Crippen molar-refractivity contribution in [2.24, 2.45) is 0 Å². The molecule has 35 heavy (non-hydrogen) atoms. The summed E-state index contributed by atoms with van der Waals surface area (Å²) in [4.78, 5) is 24.7. The van der Waals surface area contributed by atoms with Crippen molar-refractivity contribution in [2.75, 3.05) is 11.4 Å². The average Bonchev–Trinajstić information content (AvgIpc) is 3.50. The molecule has 1 fully saturated rings. The molecule has 180 valence electrons. The molecule has 1 aliphatic rings. The fraction of sp³-hybridized carbons (Fsp3) is 0.240. The van der Waals surface area contributed by atoms with Crippen LogP contribution in [0.4, 0.5) is 5.13 Å². The van der Waals surface area contributed by atoms with E-state index >= 15 is 0 Å². The van der Waals surface area contributed by atoms with Crippen LogP contribution in [-0.2, 0) is 21.4 Å². The molecule has 1 aliphatic heterocycles. The lowest BCUT2D eigenvalue weighted by Crippen LogP contribution is -2.47. The zero-order valence-electron chi connectivity index (χ0n) is 19.0. The Kier molecular flexibility index (Phi) is 6.59. The van der Waals surface area contributed by atoms with Gasteiger partial charge in [-0.1, -0.05) is 46.7 Å². The van der Waals surface area contributed by atoms with Crippen LogP contribution < -0.4 is 4.90 Å². The highest BCUT2D eigenvalue weighted by atomic mass is 35.5. The Hall–Kier alpha value is -2.85. The van der Waals surface area contributed by atoms with Gasteiger partial charge in [-0.3, -0.25) is 14.7 Å². The highest BCUT2D eigenvalue weighted by Crippen LogP contribution is 2.34. The Bertz CT molecular complexity index is 1470. The number of fused-ring (bicyclic) bond motifs is 1. The van der Waals surface area contributed by atoms with Gasteiger partial charge in [0, 0.05) is 17.8 Å². The summed E-state index contributed by atoms with van der Waals surface area (Å²) in [5.41, 5.74) is 2.38. The molecule has 7 nitrogen and oxygen atoms in total. The third kappa shape index (κ3) is 4.81. The molecule has 3 heterocycles. The zero-order valence-corrected chi connectivity index (χ0v) is 21.4. The van der Waals surface area contributed by atoms with E-state index in [0.717, 1.165) is 15.8 Å². The summed E-state index contributed by atoms with van der Waals surface area (Å²) in [5.74, 6) is -0.311. The quantitative estimate of drug-likeness (QED) is 0.351. The highest BCUT2D eigenvalue weighted by molar-refractivity contribution is 7.89. The van der Waals surface area contributed by atoms with Gasteiger partial charge in [0.25, 0.3) is 0 Å². The first-order valence-corrected chi connectivity index (χ1v) is 13.8. The minimum atomic E-state index is -3.83. The van der Waals surface area contributed by atoms with Gasteiger partial charge in [-0.05, 0) is 62.2 Å². The number of hydrogen-bond acceptors (Lipinski definition) is 6. The maximum absolute atomic E-state index is 14.0. The van der Waals surface area contributed by atoms with Crippen LogP contribution in [0.2, 0.25) is 5.02 Å². The van der Waals surface area contributed by atoms with Crippen molar-refractivity contribution in [1.29, 1.82) is 0 Å². The van der Waals surface area contributed by atoms with Gasteiger partial charge < -0.3 is 0 Å². The van der Waals surface area contributed by atoms with Crippen molar-refractivity contribution < 1.29 is 13.2 Å². The number of benzene rings is 2. The smallest absolute Gasteiger partial charge is 0.247 e. The molecule has 5 rings (SSSR count). The highest BCUT2D eigenvalue weighted by Gasteiger charge is 2.42. The number of pyridine rings is 1. The summed E-state index contributed by atoms with van der Waals surface area (Å²) in [6.45, 7) is 2.38. The number of amides is 1. The van der Waals surface area contributed by atoms with Crippen LogP contribution in [0.5, 0.6) is 0 Å². The fourth-order valence-electron chi connectivity index (χ4n) is 4.20. The topological polar surface area (TPSA) is 83.5 Å². The van der Waals surface area contributed by atoms with Gasteiger partial charge in [0.05, 0.1) is 27.4 Å². The molecule has 0 N–H and O–H groups in total. The molecule has 1 saturated heterocycles. The Morgan fingerprint density at radius 2 is 1.97 bits per heavy atom. The Labute approximate surface area is 213 Å². The second kappa shape index (κ2) is 9.66. The molecule has 0 spiro atoms. The number of aryl methyl sites for hydroxylation is 1. The lowest BCUT2D eigenvalue weighted by Gasteiger charge is -2.28. The summed E-state index contributed by atoms with van der Waals surface area (Å²) in [6, 6.07) is 16.8. The molecule has 0 radical (unpaired) electrons. The van der Waals surface area contributed by atoms with Crippen molar-refractivity contribution in [3.05, 3.63) is 83.1 Å².